The van der Waals surface area contributed by atoms with E-state index < -0.39 is 6.10 Å². The molecule has 0 saturated heterocycles. The number of aromatic nitrogens is 2. The van der Waals surface area contributed by atoms with Gasteiger partial charge in [-0.1, -0.05) is 23.7 Å². The van der Waals surface area contributed by atoms with Gasteiger partial charge in [-0.25, -0.2) is 4.98 Å². The Morgan fingerprint density at radius 3 is 2.32 bits per heavy atom. The number of aliphatic hydroxyl groups is 1. The van der Waals surface area contributed by atoms with Gasteiger partial charge in [-0.05, 0) is 61.2 Å². The van der Waals surface area contributed by atoms with Crippen LogP contribution in [0, 0.1) is 0 Å². The molecule has 25 heavy (non-hydrogen) atoms. The molecule has 1 heterocycles. The minimum absolute atomic E-state index is 0.452. The van der Waals surface area contributed by atoms with Crippen LogP contribution in [-0.2, 0) is 6.54 Å². The van der Waals surface area contributed by atoms with E-state index in [0.717, 1.165) is 42.9 Å². The van der Waals surface area contributed by atoms with E-state index in [1.165, 1.54) is 0 Å². The lowest BCUT2D eigenvalue weighted by Gasteiger charge is -2.12. The highest BCUT2D eigenvalue weighted by Gasteiger charge is 2.08. The second-order valence-corrected chi connectivity index (χ2v) is 6.37. The first-order valence-corrected chi connectivity index (χ1v) is 8.76. The predicted octanol–water partition coefficient (Wildman–Crippen LogP) is 5.23. The van der Waals surface area contributed by atoms with Gasteiger partial charge in [0, 0.05) is 24.0 Å². The summed E-state index contributed by atoms with van der Waals surface area (Å²) in [7, 11) is 0. The molecule has 0 spiro atoms. The van der Waals surface area contributed by atoms with Crippen LogP contribution in [0.15, 0.2) is 67.3 Å². The van der Waals surface area contributed by atoms with Crippen molar-refractivity contribution in [3.05, 3.63) is 77.8 Å². The van der Waals surface area contributed by atoms with Crippen molar-refractivity contribution >= 4 is 11.6 Å². The van der Waals surface area contributed by atoms with Gasteiger partial charge in [-0.2, -0.15) is 0 Å². The Balaban J connectivity index is 1.46. The van der Waals surface area contributed by atoms with Crippen LogP contribution in [0.25, 0.3) is 0 Å². The summed E-state index contributed by atoms with van der Waals surface area (Å²) >= 11 is 5.86. The first-order chi connectivity index (χ1) is 12.2. The zero-order valence-electron chi connectivity index (χ0n) is 13.9. The lowest BCUT2D eigenvalue weighted by Crippen LogP contribution is -1.99. The maximum atomic E-state index is 10.3. The molecule has 0 radical (unpaired) electrons. The quantitative estimate of drug-likeness (QED) is 0.562. The van der Waals surface area contributed by atoms with Crippen LogP contribution in [0.1, 0.15) is 30.9 Å². The molecular formula is C20H21ClN2O2. The van der Waals surface area contributed by atoms with Gasteiger partial charge in [-0.15, -0.1) is 0 Å². The van der Waals surface area contributed by atoms with Gasteiger partial charge in [0.15, 0.2) is 0 Å². The van der Waals surface area contributed by atoms with E-state index in [1.807, 2.05) is 48.9 Å². The van der Waals surface area contributed by atoms with Crippen LogP contribution in [0.2, 0.25) is 5.02 Å². The summed E-state index contributed by atoms with van der Waals surface area (Å²) in [4.78, 5) is 4.02. The van der Waals surface area contributed by atoms with E-state index in [-0.39, 0.29) is 0 Å². The molecule has 0 saturated carbocycles. The van der Waals surface area contributed by atoms with Gasteiger partial charge in [0.05, 0.1) is 12.4 Å². The van der Waals surface area contributed by atoms with E-state index in [0.29, 0.717) is 5.02 Å². The maximum Gasteiger partial charge on any atom is 0.127 e. The van der Waals surface area contributed by atoms with Crippen molar-refractivity contribution in [2.75, 3.05) is 0 Å². The van der Waals surface area contributed by atoms with Crippen molar-refractivity contribution in [1.82, 2.24) is 9.55 Å². The SMILES string of the molecule is OC(CCCCn1ccnc1)c1ccc(Oc2ccc(Cl)cc2)cc1. The van der Waals surface area contributed by atoms with Crippen molar-refractivity contribution in [3.8, 4) is 11.5 Å². The molecule has 0 aliphatic heterocycles. The average molecular weight is 357 g/mol. The highest BCUT2D eigenvalue weighted by molar-refractivity contribution is 6.30. The van der Waals surface area contributed by atoms with E-state index in [9.17, 15) is 5.11 Å². The third-order valence-electron chi connectivity index (χ3n) is 4.02. The van der Waals surface area contributed by atoms with Crippen molar-refractivity contribution in [1.29, 1.82) is 0 Å². The molecule has 0 fully saturated rings. The molecule has 5 heteroatoms. The summed E-state index contributed by atoms with van der Waals surface area (Å²) in [5.41, 5.74) is 0.908. The third kappa shape index (κ3) is 5.34. The smallest absolute Gasteiger partial charge is 0.127 e. The van der Waals surface area contributed by atoms with Gasteiger partial charge < -0.3 is 14.4 Å². The molecule has 3 rings (SSSR count). The second-order valence-electron chi connectivity index (χ2n) is 5.94. The number of rotatable bonds is 8. The van der Waals surface area contributed by atoms with Gasteiger partial charge in [-0.3, -0.25) is 0 Å². The fraction of sp³-hybridized carbons (Fsp3) is 0.250. The Bertz CT molecular complexity index is 755. The van der Waals surface area contributed by atoms with E-state index in [1.54, 1.807) is 18.3 Å². The summed E-state index contributed by atoms with van der Waals surface area (Å²) in [6, 6.07) is 14.8. The predicted molar refractivity (Wildman–Crippen MR) is 99.0 cm³/mol. The van der Waals surface area contributed by atoms with Crippen molar-refractivity contribution < 1.29 is 9.84 Å². The number of nitrogens with zero attached hydrogens (tertiary/aromatic N) is 2. The highest BCUT2D eigenvalue weighted by atomic mass is 35.5. The maximum absolute atomic E-state index is 10.3. The first-order valence-electron chi connectivity index (χ1n) is 8.38. The molecule has 4 nitrogen and oxygen atoms in total. The van der Waals surface area contributed by atoms with Gasteiger partial charge in [0.2, 0.25) is 0 Å². The normalized spacial score (nSPS) is 12.1. The van der Waals surface area contributed by atoms with Crippen molar-refractivity contribution in [3.63, 3.8) is 0 Å². The molecule has 3 aromatic rings. The molecular weight excluding hydrogens is 336 g/mol. The molecule has 0 bridgehead atoms. The first kappa shape index (κ1) is 17.5. The van der Waals surface area contributed by atoms with Crippen LogP contribution in [0.3, 0.4) is 0 Å². The van der Waals surface area contributed by atoms with Crippen molar-refractivity contribution in [2.24, 2.45) is 0 Å². The number of halogens is 1. The zero-order valence-corrected chi connectivity index (χ0v) is 14.6. The molecule has 0 aliphatic rings. The number of hydrogen-bond acceptors (Lipinski definition) is 3. The Morgan fingerprint density at radius 2 is 1.68 bits per heavy atom. The van der Waals surface area contributed by atoms with Crippen LogP contribution < -0.4 is 4.74 Å². The summed E-state index contributed by atoms with van der Waals surface area (Å²) in [5, 5.41) is 11.0. The lowest BCUT2D eigenvalue weighted by molar-refractivity contribution is 0.163. The highest BCUT2D eigenvalue weighted by Crippen LogP contribution is 2.26. The van der Waals surface area contributed by atoms with E-state index in [2.05, 4.69) is 9.55 Å². The minimum Gasteiger partial charge on any atom is -0.457 e. The average Bonchev–Trinajstić information content (AvgIpc) is 3.15. The number of aryl methyl sites for hydroxylation is 1. The van der Waals surface area contributed by atoms with Gasteiger partial charge >= 0.3 is 0 Å². The number of benzene rings is 2. The number of hydrogen-bond donors (Lipinski definition) is 1. The number of unbranched alkanes of at least 4 members (excludes halogenated alkanes) is 1. The van der Waals surface area contributed by atoms with Crippen LogP contribution >= 0.6 is 11.6 Å². The topological polar surface area (TPSA) is 47.3 Å². The Kier molecular flexibility index (Phi) is 6.09. The third-order valence-corrected chi connectivity index (χ3v) is 4.27. The molecule has 130 valence electrons. The Hall–Kier alpha value is -2.30. The number of aliphatic hydroxyl groups excluding tert-OH is 1. The summed E-state index contributed by atoms with van der Waals surface area (Å²) in [6.07, 6.45) is 7.82. The molecule has 1 unspecified atom stereocenters. The second kappa shape index (κ2) is 8.70. The summed E-state index contributed by atoms with van der Waals surface area (Å²) in [6.45, 7) is 0.931. The fourth-order valence-corrected chi connectivity index (χ4v) is 2.74. The summed E-state index contributed by atoms with van der Waals surface area (Å²) in [5.74, 6) is 1.47. The number of ether oxygens (including phenoxy) is 1. The van der Waals surface area contributed by atoms with E-state index in [4.69, 9.17) is 16.3 Å². The molecule has 0 aliphatic carbocycles. The minimum atomic E-state index is -0.452. The Labute approximate surface area is 152 Å². The van der Waals surface area contributed by atoms with E-state index >= 15 is 0 Å². The molecule has 1 atom stereocenters. The van der Waals surface area contributed by atoms with Gasteiger partial charge in [0.1, 0.15) is 11.5 Å². The molecule has 2 aromatic carbocycles. The number of imidazole rings is 1. The standard InChI is InChI=1S/C20H21ClN2O2/c21-17-6-10-19(11-7-17)25-18-8-4-16(5-9-18)20(24)3-1-2-13-23-14-12-22-15-23/h4-12,14-15,20,24H,1-3,13H2. The van der Waals surface area contributed by atoms with Crippen LogP contribution in [-0.4, -0.2) is 14.7 Å². The lowest BCUT2D eigenvalue weighted by atomic mass is 10.0. The van der Waals surface area contributed by atoms with Crippen molar-refractivity contribution in [2.45, 2.75) is 31.9 Å². The molecule has 1 N–H and O–H groups in total. The zero-order chi connectivity index (χ0) is 17.5. The van der Waals surface area contributed by atoms with Crippen LogP contribution in [0.4, 0.5) is 0 Å². The molecule has 0 amide bonds. The van der Waals surface area contributed by atoms with Crippen LogP contribution in [0.5, 0.6) is 11.5 Å². The molecule has 1 aromatic heterocycles. The Morgan fingerprint density at radius 1 is 1.00 bits per heavy atom. The monoisotopic (exact) mass is 356 g/mol. The van der Waals surface area contributed by atoms with Gasteiger partial charge in [0.25, 0.3) is 0 Å². The fourth-order valence-electron chi connectivity index (χ4n) is 2.61. The summed E-state index contributed by atoms with van der Waals surface area (Å²) < 4.78 is 7.81. The largest absolute Gasteiger partial charge is 0.457 e.